The van der Waals surface area contributed by atoms with Gasteiger partial charge in [-0.25, -0.2) is 16.8 Å². The number of ether oxygens (including phenoxy) is 1. The van der Waals surface area contributed by atoms with Crippen LogP contribution in [0.1, 0.15) is 30.5 Å². The first-order chi connectivity index (χ1) is 17.4. The predicted octanol–water partition coefficient (Wildman–Crippen LogP) is 4.52. The largest absolute Gasteiger partial charge is 0.495 e. The number of methoxy groups -OCH3 is 1. The van der Waals surface area contributed by atoms with Crippen LogP contribution < -0.4 is 14.4 Å². The van der Waals surface area contributed by atoms with Gasteiger partial charge in [0.05, 0.1) is 28.6 Å². The number of nitrogens with zero attached hydrogens (tertiary/aromatic N) is 1. The number of aryl methyl sites for hydroxylation is 1. The summed E-state index contributed by atoms with van der Waals surface area (Å²) in [6.07, 6.45) is 1.61. The Kier molecular flexibility index (Phi) is 8.88. The molecule has 1 amide bonds. The van der Waals surface area contributed by atoms with Crippen LogP contribution in [-0.2, 0) is 24.7 Å². The van der Waals surface area contributed by atoms with Gasteiger partial charge < -0.3 is 10.1 Å². The van der Waals surface area contributed by atoms with E-state index in [1.54, 1.807) is 30.3 Å². The fourth-order valence-electron chi connectivity index (χ4n) is 3.73. The van der Waals surface area contributed by atoms with Gasteiger partial charge in [0, 0.05) is 11.3 Å². The lowest BCUT2D eigenvalue weighted by atomic mass is 10.0. The molecule has 0 saturated heterocycles. The molecule has 0 bridgehead atoms. The molecule has 3 rings (SSSR count). The van der Waals surface area contributed by atoms with Gasteiger partial charge in [0.2, 0.25) is 5.91 Å². The van der Waals surface area contributed by atoms with Gasteiger partial charge in [-0.05, 0) is 61.4 Å². The van der Waals surface area contributed by atoms with Gasteiger partial charge in [0.15, 0.2) is 9.84 Å². The van der Waals surface area contributed by atoms with E-state index < -0.39 is 38.4 Å². The number of hydrogen-bond acceptors (Lipinski definition) is 6. The molecule has 11 heteroatoms. The first-order valence-corrected chi connectivity index (χ1v) is 15.1. The smallest absolute Gasteiger partial charge is 0.264 e. The molecule has 0 fully saturated rings. The third kappa shape index (κ3) is 6.82. The van der Waals surface area contributed by atoms with Crippen molar-refractivity contribution in [2.75, 3.05) is 24.2 Å². The van der Waals surface area contributed by atoms with Crippen LogP contribution in [0.5, 0.6) is 5.75 Å². The molecular weight excluding hydrogens is 536 g/mol. The van der Waals surface area contributed by atoms with Crippen molar-refractivity contribution in [1.82, 2.24) is 5.32 Å². The van der Waals surface area contributed by atoms with E-state index in [0.29, 0.717) is 12.0 Å². The molecule has 1 unspecified atom stereocenters. The summed E-state index contributed by atoms with van der Waals surface area (Å²) in [6, 6.07) is 16.6. The van der Waals surface area contributed by atoms with Crippen molar-refractivity contribution >= 4 is 43.1 Å². The standard InChI is InChI=1S/C26H29ClN2O6S2/c1-5-23(19-8-13-21(14-9-19)36(4,31)32)28-26(30)17-29(24-16-20(27)10-15-25(24)35-3)37(33,34)22-11-6-18(2)7-12-22/h6-16,23H,5,17H2,1-4H3,(H,28,30). The van der Waals surface area contributed by atoms with Crippen LogP contribution >= 0.6 is 11.6 Å². The van der Waals surface area contributed by atoms with Crippen LogP contribution in [0, 0.1) is 6.92 Å². The Labute approximate surface area is 223 Å². The molecule has 0 spiro atoms. The lowest BCUT2D eigenvalue weighted by Crippen LogP contribution is -2.42. The van der Waals surface area contributed by atoms with Gasteiger partial charge in [-0.15, -0.1) is 0 Å². The molecule has 3 aromatic rings. The lowest BCUT2D eigenvalue weighted by Gasteiger charge is -2.27. The van der Waals surface area contributed by atoms with Crippen molar-refractivity contribution in [3.8, 4) is 5.75 Å². The normalized spacial score (nSPS) is 12.6. The van der Waals surface area contributed by atoms with Gasteiger partial charge in [-0.1, -0.05) is 48.4 Å². The summed E-state index contributed by atoms with van der Waals surface area (Å²) in [6.45, 7) is 3.16. The Morgan fingerprint density at radius 2 is 1.57 bits per heavy atom. The number of benzene rings is 3. The van der Waals surface area contributed by atoms with Crippen molar-refractivity contribution in [2.45, 2.75) is 36.1 Å². The molecule has 0 aliphatic heterocycles. The number of hydrogen-bond donors (Lipinski definition) is 1. The number of halogens is 1. The molecule has 1 N–H and O–H groups in total. The predicted molar refractivity (Wildman–Crippen MR) is 144 cm³/mol. The summed E-state index contributed by atoms with van der Waals surface area (Å²) in [7, 11) is -6.14. The van der Waals surface area contributed by atoms with Gasteiger partial charge in [-0.2, -0.15) is 0 Å². The van der Waals surface area contributed by atoms with Crippen molar-refractivity contribution in [3.63, 3.8) is 0 Å². The topological polar surface area (TPSA) is 110 Å². The Balaban J connectivity index is 1.96. The Hall–Kier alpha value is -3.08. The van der Waals surface area contributed by atoms with E-state index in [1.807, 2.05) is 13.8 Å². The average molecular weight is 565 g/mol. The van der Waals surface area contributed by atoms with Crippen LogP contribution in [0.25, 0.3) is 0 Å². The second-order valence-corrected chi connectivity index (χ2v) is 12.8. The molecule has 1 atom stereocenters. The molecular formula is C26H29ClN2O6S2. The molecule has 0 saturated carbocycles. The highest BCUT2D eigenvalue weighted by molar-refractivity contribution is 7.93. The van der Waals surface area contributed by atoms with E-state index in [4.69, 9.17) is 16.3 Å². The number of amides is 1. The lowest BCUT2D eigenvalue weighted by molar-refractivity contribution is -0.120. The van der Waals surface area contributed by atoms with Crippen molar-refractivity contribution in [3.05, 3.63) is 82.9 Å². The zero-order chi connectivity index (χ0) is 27.4. The molecule has 37 heavy (non-hydrogen) atoms. The molecule has 3 aromatic carbocycles. The Morgan fingerprint density at radius 3 is 2.11 bits per heavy atom. The minimum Gasteiger partial charge on any atom is -0.495 e. The number of nitrogens with one attached hydrogen (secondary N) is 1. The Bertz CT molecular complexity index is 1470. The maximum absolute atomic E-state index is 13.7. The van der Waals surface area contributed by atoms with Crippen molar-refractivity contribution in [2.24, 2.45) is 0 Å². The summed E-state index contributed by atoms with van der Waals surface area (Å²) >= 11 is 6.18. The minimum atomic E-state index is -4.18. The molecule has 198 valence electrons. The third-order valence-electron chi connectivity index (χ3n) is 5.76. The average Bonchev–Trinajstić information content (AvgIpc) is 2.85. The number of sulfone groups is 1. The second kappa shape index (κ2) is 11.5. The van der Waals surface area contributed by atoms with E-state index in [0.717, 1.165) is 16.1 Å². The third-order valence-corrected chi connectivity index (χ3v) is 8.90. The highest BCUT2D eigenvalue weighted by Gasteiger charge is 2.30. The van der Waals surface area contributed by atoms with Crippen LogP contribution in [0.2, 0.25) is 5.02 Å². The second-order valence-electron chi connectivity index (χ2n) is 8.51. The Morgan fingerprint density at radius 1 is 0.973 bits per heavy atom. The summed E-state index contributed by atoms with van der Waals surface area (Å²) in [5.41, 5.74) is 1.70. The highest BCUT2D eigenvalue weighted by atomic mass is 35.5. The summed E-state index contributed by atoms with van der Waals surface area (Å²) < 4.78 is 57.3. The monoisotopic (exact) mass is 564 g/mol. The first kappa shape index (κ1) is 28.5. The van der Waals surface area contributed by atoms with E-state index in [9.17, 15) is 21.6 Å². The maximum Gasteiger partial charge on any atom is 0.264 e. The summed E-state index contributed by atoms with van der Waals surface area (Å²) in [4.78, 5) is 13.4. The van der Waals surface area contributed by atoms with E-state index >= 15 is 0 Å². The maximum atomic E-state index is 13.7. The van der Waals surface area contributed by atoms with Crippen molar-refractivity contribution < 1.29 is 26.4 Å². The van der Waals surface area contributed by atoms with E-state index in [1.165, 1.54) is 43.5 Å². The molecule has 0 aliphatic carbocycles. The summed E-state index contributed by atoms with van der Waals surface area (Å²) in [5, 5.41) is 3.13. The van der Waals surface area contributed by atoms with E-state index in [2.05, 4.69) is 5.32 Å². The summed E-state index contributed by atoms with van der Waals surface area (Å²) in [5.74, 6) is -0.326. The number of sulfonamides is 1. The number of anilines is 1. The van der Waals surface area contributed by atoms with E-state index in [-0.39, 0.29) is 26.3 Å². The van der Waals surface area contributed by atoms with Crippen LogP contribution in [-0.4, -0.2) is 42.7 Å². The molecule has 0 aromatic heterocycles. The van der Waals surface area contributed by atoms with Gasteiger partial charge in [0.25, 0.3) is 10.0 Å². The SMILES string of the molecule is CCC(NC(=O)CN(c1cc(Cl)ccc1OC)S(=O)(=O)c1ccc(C)cc1)c1ccc(S(C)(=O)=O)cc1. The van der Waals surface area contributed by atoms with Crippen LogP contribution in [0.4, 0.5) is 5.69 Å². The first-order valence-electron chi connectivity index (χ1n) is 11.4. The fraction of sp³-hybridized carbons (Fsp3) is 0.269. The molecule has 0 aliphatic rings. The van der Waals surface area contributed by atoms with Gasteiger partial charge >= 0.3 is 0 Å². The number of carbonyl (C=O) groups excluding carboxylic acids is 1. The highest BCUT2D eigenvalue weighted by Crippen LogP contribution is 2.35. The zero-order valence-electron chi connectivity index (χ0n) is 20.9. The quantitative estimate of drug-likeness (QED) is 0.387. The number of rotatable bonds is 10. The minimum absolute atomic E-state index is 0.0105. The van der Waals surface area contributed by atoms with Crippen LogP contribution in [0.3, 0.4) is 0 Å². The van der Waals surface area contributed by atoms with Gasteiger partial charge in [0.1, 0.15) is 12.3 Å². The van der Waals surface area contributed by atoms with Crippen LogP contribution in [0.15, 0.2) is 76.5 Å². The van der Waals surface area contributed by atoms with Gasteiger partial charge in [-0.3, -0.25) is 9.10 Å². The zero-order valence-corrected chi connectivity index (χ0v) is 23.3. The fourth-order valence-corrected chi connectivity index (χ4v) is 5.95. The molecule has 0 heterocycles. The number of carbonyl (C=O) groups is 1. The molecule has 8 nitrogen and oxygen atoms in total. The molecule has 0 radical (unpaired) electrons. The van der Waals surface area contributed by atoms with Crippen molar-refractivity contribution in [1.29, 1.82) is 0 Å².